The Bertz CT molecular complexity index is 716. The Kier molecular flexibility index (Phi) is 3.14. The number of benzene rings is 1. The molecule has 24 heavy (non-hydrogen) atoms. The standard InChI is InChI=1S/C17H17F2NO4/c18-10-1-2-12(19)13(5-10)24-11-3-4-20(6-11)14(21)16-7-17(8-16,9-16)15(22)23/h1-2,5,11H,3-4,6-9H2,(H,22,23)/t11-,16?,17?/m1/s1. The molecule has 0 radical (unpaired) electrons. The minimum Gasteiger partial charge on any atom is -0.485 e. The zero-order chi connectivity index (χ0) is 17.1. The molecule has 1 aromatic rings. The van der Waals surface area contributed by atoms with Gasteiger partial charge in [-0.3, -0.25) is 9.59 Å². The molecule has 4 fully saturated rings. The van der Waals surface area contributed by atoms with E-state index >= 15 is 0 Å². The molecule has 7 heteroatoms. The molecule has 1 amide bonds. The molecule has 128 valence electrons. The van der Waals surface area contributed by atoms with Crippen molar-refractivity contribution in [3.63, 3.8) is 0 Å². The van der Waals surface area contributed by atoms with E-state index in [1.54, 1.807) is 4.90 Å². The first-order valence-electron chi connectivity index (χ1n) is 7.98. The zero-order valence-corrected chi connectivity index (χ0v) is 12.9. The van der Waals surface area contributed by atoms with Crippen LogP contribution in [0.1, 0.15) is 25.7 Å². The van der Waals surface area contributed by atoms with Crippen molar-refractivity contribution in [1.82, 2.24) is 4.90 Å². The maximum Gasteiger partial charge on any atom is 0.309 e. The molecule has 5 rings (SSSR count). The number of carboxylic acid groups (broad SMARTS) is 1. The van der Waals surface area contributed by atoms with Crippen molar-refractivity contribution >= 4 is 11.9 Å². The van der Waals surface area contributed by atoms with Crippen LogP contribution in [0.15, 0.2) is 18.2 Å². The second-order valence-electron chi connectivity index (χ2n) is 7.25. The quantitative estimate of drug-likeness (QED) is 0.915. The van der Waals surface area contributed by atoms with E-state index in [2.05, 4.69) is 0 Å². The predicted octanol–water partition coefficient (Wildman–Crippen LogP) is 2.20. The van der Waals surface area contributed by atoms with Crippen LogP contribution in [-0.2, 0) is 9.59 Å². The molecule has 0 spiro atoms. The van der Waals surface area contributed by atoms with Gasteiger partial charge in [-0.1, -0.05) is 0 Å². The highest BCUT2D eigenvalue weighted by molar-refractivity contribution is 5.93. The second kappa shape index (κ2) is 4.91. The molecule has 1 heterocycles. The monoisotopic (exact) mass is 337 g/mol. The smallest absolute Gasteiger partial charge is 0.309 e. The number of likely N-dealkylation sites (tertiary alicyclic amines) is 1. The molecule has 4 aliphatic rings. The van der Waals surface area contributed by atoms with Gasteiger partial charge in [0, 0.05) is 19.0 Å². The van der Waals surface area contributed by atoms with Gasteiger partial charge in [-0.2, -0.15) is 0 Å². The summed E-state index contributed by atoms with van der Waals surface area (Å²) in [4.78, 5) is 25.4. The van der Waals surface area contributed by atoms with E-state index in [-0.39, 0.29) is 17.8 Å². The van der Waals surface area contributed by atoms with Crippen LogP contribution in [0.25, 0.3) is 0 Å². The van der Waals surface area contributed by atoms with Crippen LogP contribution in [0, 0.1) is 22.5 Å². The first kappa shape index (κ1) is 15.4. The summed E-state index contributed by atoms with van der Waals surface area (Å²) in [6.45, 7) is 0.804. The van der Waals surface area contributed by atoms with Crippen molar-refractivity contribution in [2.45, 2.75) is 31.8 Å². The summed E-state index contributed by atoms with van der Waals surface area (Å²) < 4.78 is 32.3. The Hall–Kier alpha value is -2.18. The van der Waals surface area contributed by atoms with Crippen LogP contribution < -0.4 is 4.74 Å². The number of nitrogens with zero attached hydrogens (tertiary/aromatic N) is 1. The highest BCUT2D eigenvalue weighted by Gasteiger charge is 2.75. The molecular formula is C17H17F2NO4. The first-order valence-corrected chi connectivity index (χ1v) is 7.98. The molecule has 0 unspecified atom stereocenters. The number of ether oxygens (including phenoxy) is 1. The minimum absolute atomic E-state index is 0.0311. The topological polar surface area (TPSA) is 66.8 Å². The van der Waals surface area contributed by atoms with Gasteiger partial charge in [0.05, 0.1) is 17.4 Å². The molecular weight excluding hydrogens is 320 g/mol. The molecule has 5 nitrogen and oxygen atoms in total. The minimum atomic E-state index is -0.818. The van der Waals surface area contributed by atoms with Gasteiger partial charge in [0.2, 0.25) is 5.91 Å². The van der Waals surface area contributed by atoms with Crippen molar-refractivity contribution in [1.29, 1.82) is 0 Å². The Morgan fingerprint density at radius 1 is 1.21 bits per heavy atom. The normalized spacial score (nSPS) is 33.6. The van der Waals surface area contributed by atoms with E-state index in [1.807, 2.05) is 0 Å². The lowest BCUT2D eigenvalue weighted by Gasteiger charge is -2.67. The van der Waals surface area contributed by atoms with Crippen molar-refractivity contribution < 1.29 is 28.2 Å². The fourth-order valence-electron chi connectivity index (χ4n) is 4.33. The van der Waals surface area contributed by atoms with E-state index in [0.29, 0.717) is 38.8 Å². The number of carbonyl (C=O) groups excluding carboxylic acids is 1. The molecule has 1 saturated heterocycles. The number of amides is 1. The SMILES string of the molecule is O=C(O)C12CC(C(=O)N3CC[C@@H](Oc4cc(F)ccc4F)C3)(C1)C2. The van der Waals surface area contributed by atoms with Crippen molar-refractivity contribution in [2.24, 2.45) is 10.8 Å². The van der Waals surface area contributed by atoms with E-state index in [0.717, 1.165) is 18.2 Å². The fraction of sp³-hybridized carbons (Fsp3) is 0.529. The summed E-state index contributed by atoms with van der Waals surface area (Å²) in [5, 5.41) is 9.14. The van der Waals surface area contributed by atoms with Gasteiger partial charge in [0.15, 0.2) is 11.6 Å². The van der Waals surface area contributed by atoms with Gasteiger partial charge in [-0.25, -0.2) is 8.78 Å². The molecule has 0 aromatic heterocycles. The van der Waals surface area contributed by atoms with Gasteiger partial charge in [-0.15, -0.1) is 0 Å². The zero-order valence-electron chi connectivity index (χ0n) is 12.9. The molecule has 2 bridgehead atoms. The Morgan fingerprint density at radius 2 is 1.92 bits per heavy atom. The molecule has 1 aromatic carbocycles. The third-order valence-corrected chi connectivity index (χ3v) is 5.56. The van der Waals surface area contributed by atoms with Crippen molar-refractivity contribution in [3.8, 4) is 5.75 Å². The average molecular weight is 337 g/mol. The van der Waals surface area contributed by atoms with Crippen LogP contribution in [0.2, 0.25) is 0 Å². The summed E-state index contributed by atoms with van der Waals surface area (Å²) >= 11 is 0. The van der Waals surface area contributed by atoms with Crippen molar-refractivity contribution in [3.05, 3.63) is 29.8 Å². The lowest BCUT2D eigenvalue weighted by atomic mass is 9.34. The van der Waals surface area contributed by atoms with E-state index in [4.69, 9.17) is 9.84 Å². The van der Waals surface area contributed by atoms with E-state index < -0.39 is 28.4 Å². The number of hydrogen-bond donors (Lipinski definition) is 1. The van der Waals surface area contributed by atoms with Gasteiger partial charge in [-0.05, 0) is 31.4 Å². The van der Waals surface area contributed by atoms with E-state index in [9.17, 15) is 18.4 Å². The third-order valence-electron chi connectivity index (χ3n) is 5.56. The second-order valence-corrected chi connectivity index (χ2v) is 7.25. The number of rotatable bonds is 4. The number of aliphatic carboxylic acids is 1. The summed E-state index contributed by atoms with van der Waals surface area (Å²) in [5.41, 5.74) is -1.20. The largest absolute Gasteiger partial charge is 0.485 e. The lowest BCUT2D eigenvalue weighted by molar-refractivity contribution is -0.225. The maximum absolute atomic E-state index is 13.6. The van der Waals surface area contributed by atoms with Gasteiger partial charge >= 0.3 is 5.97 Å². The molecule has 1 aliphatic heterocycles. The number of hydrogen-bond acceptors (Lipinski definition) is 3. The molecule has 3 saturated carbocycles. The molecule has 1 N–H and O–H groups in total. The average Bonchev–Trinajstić information content (AvgIpc) is 2.88. The first-order chi connectivity index (χ1) is 11.3. The maximum atomic E-state index is 13.6. The highest BCUT2D eigenvalue weighted by Crippen LogP contribution is 2.74. The summed E-state index contributed by atoms with van der Waals surface area (Å²) in [6.07, 6.45) is 1.39. The van der Waals surface area contributed by atoms with Crippen LogP contribution in [0.5, 0.6) is 5.75 Å². The lowest BCUT2D eigenvalue weighted by Crippen LogP contribution is -2.70. The van der Waals surface area contributed by atoms with Gasteiger partial charge in [0.1, 0.15) is 11.9 Å². The Morgan fingerprint density at radius 3 is 2.58 bits per heavy atom. The van der Waals surface area contributed by atoms with Crippen LogP contribution >= 0.6 is 0 Å². The Labute approximate surface area is 137 Å². The highest BCUT2D eigenvalue weighted by atomic mass is 19.1. The van der Waals surface area contributed by atoms with Gasteiger partial charge in [0.25, 0.3) is 0 Å². The van der Waals surface area contributed by atoms with Crippen molar-refractivity contribution in [2.75, 3.05) is 13.1 Å². The summed E-state index contributed by atoms with van der Waals surface area (Å²) in [5.74, 6) is -2.21. The number of halogens is 2. The predicted molar refractivity (Wildman–Crippen MR) is 78.3 cm³/mol. The molecule has 1 atom stereocenters. The van der Waals surface area contributed by atoms with Crippen LogP contribution in [0.4, 0.5) is 8.78 Å². The van der Waals surface area contributed by atoms with Crippen LogP contribution in [-0.4, -0.2) is 41.1 Å². The Balaban J connectivity index is 1.37. The summed E-state index contributed by atoms with van der Waals surface area (Å²) in [7, 11) is 0. The fourth-order valence-corrected chi connectivity index (χ4v) is 4.33. The number of carbonyl (C=O) groups is 2. The third kappa shape index (κ3) is 2.10. The summed E-state index contributed by atoms with van der Waals surface area (Å²) in [6, 6.07) is 3.03. The van der Waals surface area contributed by atoms with Crippen LogP contribution in [0.3, 0.4) is 0 Å². The van der Waals surface area contributed by atoms with E-state index in [1.165, 1.54) is 0 Å². The van der Waals surface area contributed by atoms with Gasteiger partial charge < -0.3 is 14.7 Å². The number of carboxylic acids is 1. The molecule has 3 aliphatic carbocycles.